The van der Waals surface area contributed by atoms with E-state index in [1.54, 1.807) is 0 Å². The Morgan fingerprint density at radius 1 is 0.778 bits per heavy atom. The summed E-state index contributed by atoms with van der Waals surface area (Å²) in [5.74, 6) is 0.255. The molecule has 2 N–H and O–H groups in total. The molecule has 27 heavy (non-hydrogen) atoms. The molecule has 3 rings (SSSR count). The molecular formula is C25H35NO. The number of benzene rings is 2. The fourth-order valence-electron chi connectivity index (χ4n) is 4.04. The zero-order valence-corrected chi connectivity index (χ0v) is 17.7. The summed E-state index contributed by atoms with van der Waals surface area (Å²) in [5.41, 5.74) is 5.66. The summed E-state index contributed by atoms with van der Waals surface area (Å²) in [6.07, 6.45) is 0.549. The van der Waals surface area contributed by atoms with Gasteiger partial charge in [-0.05, 0) is 39.5 Å². The predicted octanol–water partition coefficient (Wildman–Crippen LogP) is 5.14. The van der Waals surface area contributed by atoms with Crippen molar-refractivity contribution in [2.45, 2.75) is 76.9 Å². The molecule has 0 spiro atoms. The molecular weight excluding hydrogens is 330 g/mol. The standard InChI is InChI=1S/C25H35NO/c1-24(2,3)19-11-7-17(8-12-19)23(22-15-21(27)16-26-22)18-9-13-20(14-10-18)25(4,5)6/h7-14,21-23,26-27H,15-16H2,1-6H3/t21-,22-/m1/s1. The second kappa shape index (κ2) is 7.41. The Kier molecular flexibility index (Phi) is 5.52. The van der Waals surface area contributed by atoms with E-state index in [1.165, 1.54) is 22.3 Å². The smallest absolute Gasteiger partial charge is 0.0679 e. The zero-order valence-electron chi connectivity index (χ0n) is 17.7. The van der Waals surface area contributed by atoms with Crippen molar-refractivity contribution >= 4 is 0 Å². The van der Waals surface area contributed by atoms with Crippen LogP contribution >= 0.6 is 0 Å². The quantitative estimate of drug-likeness (QED) is 0.790. The number of aliphatic hydroxyl groups is 1. The van der Waals surface area contributed by atoms with Crippen LogP contribution in [0, 0.1) is 0 Å². The van der Waals surface area contributed by atoms with Crippen LogP contribution in [0.25, 0.3) is 0 Å². The Labute approximate surface area is 165 Å². The number of β-amino-alcohol motifs (C(OH)–C–C–N with tert-alkyl or cyclic N) is 1. The molecule has 0 unspecified atom stereocenters. The molecule has 1 aliphatic rings. The van der Waals surface area contributed by atoms with E-state index in [0.717, 1.165) is 6.42 Å². The van der Waals surface area contributed by atoms with Gasteiger partial charge in [0, 0.05) is 18.5 Å². The van der Waals surface area contributed by atoms with Gasteiger partial charge in [0.15, 0.2) is 0 Å². The fraction of sp³-hybridized carbons (Fsp3) is 0.520. The highest BCUT2D eigenvalue weighted by atomic mass is 16.3. The van der Waals surface area contributed by atoms with Gasteiger partial charge in [-0.3, -0.25) is 0 Å². The van der Waals surface area contributed by atoms with Crippen molar-refractivity contribution in [2.24, 2.45) is 0 Å². The van der Waals surface area contributed by atoms with Gasteiger partial charge in [0.05, 0.1) is 6.10 Å². The minimum Gasteiger partial charge on any atom is -0.392 e. The number of rotatable bonds is 3. The van der Waals surface area contributed by atoms with Crippen LogP contribution in [0.3, 0.4) is 0 Å². The number of nitrogens with one attached hydrogen (secondary N) is 1. The number of hydrogen-bond donors (Lipinski definition) is 2. The highest BCUT2D eigenvalue weighted by Crippen LogP contribution is 2.35. The molecule has 2 aromatic rings. The van der Waals surface area contributed by atoms with Gasteiger partial charge in [0.2, 0.25) is 0 Å². The van der Waals surface area contributed by atoms with Crippen LogP contribution in [0.2, 0.25) is 0 Å². The number of hydrogen-bond acceptors (Lipinski definition) is 2. The van der Waals surface area contributed by atoms with Crippen molar-refractivity contribution in [2.75, 3.05) is 6.54 Å². The summed E-state index contributed by atoms with van der Waals surface area (Å²) >= 11 is 0. The van der Waals surface area contributed by atoms with Gasteiger partial charge in [-0.1, -0.05) is 90.1 Å². The molecule has 2 heteroatoms. The monoisotopic (exact) mass is 365 g/mol. The van der Waals surface area contributed by atoms with Crippen molar-refractivity contribution in [3.05, 3.63) is 70.8 Å². The molecule has 1 fully saturated rings. The molecule has 2 nitrogen and oxygen atoms in total. The first kappa shape index (κ1) is 20.1. The van der Waals surface area contributed by atoms with Gasteiger partial charge in [-0.2, -0.15) is 0 Å². The Morgan fingerprint density at radius 3 is 1.48 bits per heavy atom. The van der Waals surface area contributed by atoms with E-state index >= 15 is 0 Å². The summed E-state index contributed by atoms with van der Waals surface area (Å²) in [7, 11) is 0. The van der Waals surface area contributed by atoms with Crippen LogP contribution in [-0.4, -0.2) is 23.8 Å². The van der Waals surface area contributed by atoms with Gasteiger partial charge in [-0.25, -0.2) is 0 Å². The minimum absolute atomic E-state index is 0.157. The van der Waals surface area contributed by atoms with Crippen molar-refractivity contribution in [1.29, 1.82) is 0 Å². The van der Waals surface area contributed by atoms with Gasteiger partial charge in [0.1, 0.15) is 0 Å². The maximum Gasteiger partial charge on any atom is 0.0679 e. The molecule has 1 heterocycles. The molecule has 1 saturated heterocycles. The molecule has 0 radical (unpaired) electrons. The minimum atomic E-state index is -0.250. The lowest BCUT2D eigenvalue weighted by molar-refractivity contribution is 0.192. The Morgan fingerprint density at radius 2 is 1.19 bits per heavy atom. The van der Waals surface area contributed by atoms with Crippen LogP contribution in [0.5, 0.6) is 0 Å². The zero-order chi connectivity index (χ0) is 19.8. The summed E-state index contributed by atoms with van der Waals surface area (Å²) in [6.45, 7) is 14.2. The van der Waals surface area contributed by atoms with Gasteiger partial charge < -0.3 is 10.4 Å². The summed E-state index contributed by atoms with van der Waals surface area (Å²) in [4.78, 5) is 0. The molecule has 0 bridgehead atoms. The third-order valence-corrected chi connectivity index (χ3v) is 5.82. The number of aliphatic hydroxyl groups excluding tert-OH is 1. The van der Waals surface area contributed by atoms with Crippen LogP contribution in [-0.2, 0) is 10.8 Å². The van der Waals surface area contributed by atoms with Crippen molar-refractivity contribution < 1.29 is 5.11 Å². The van der Waals surface area contributed by atoms with E-state index < -0.39 is 0 Å². The third kappa shape index (κ3) is 4.62. The van der Waals surface area contributed by atoms with Crippen LogP contribution in [0.1, 0.15) is 76.1 Å². The first-order valence-electron chi connectivity index (χ1n) is 10.2. The molecule has 0 aliphatic carbocycles. The Balaban J connectivity index is 1.97. The lowest BCUT2D eigenvalue weighted by atomic mass is 9.80. The predicted molar refractivity (Wildman–Crippen MR) is 115 cm³/mol. The molecule has 146 valence electrons. The van der Waals surface area contributed by atoms with Gasteiger partial charge >= 0.3 is 0 Å². The lowest BCUT2D eigenvalue weighted by Gasteiger charge is -2.27. The maximum absolute atomic E-state index is 10.1. The van der Waals surface area contributed by atoms with E-state index in [2.05, 4.69) is 95.4 Å². The molecule has 2 atom stereocenters. The molecule has 2 aromatic carbocycles. The normalized spacial score (nSPS) is 21.0. The highest BCUT2D eigenvalue weighted by Gasteiger charge is 2.32. The third-order valence-electron chi connectivity index (χ3n) is 5.82. The van der Waals surface area contributed by atoms with E-state index in [4.69, 9.17) is 0 Å². The largest absolute Gasteiger partial charge is 0.392 e. The first-order valence-corrected chi connectivity index (χ1v) is 10.2. The molecule has 0 aromatic heterocycles. The highest BCUT2D eigenvalue weighted by molar-refractivity contribution is 5.39. The SMILES string of the molecule is CC(C)(C)c1ccc(C(c2ccc(C(C)(C)C)cc2)[C@H]2C[C@@H](O)CN2)cc1. The first-order chi connectivity index (χ1) is 12.6. The van der Waals surface area contributed by atoms with E-state index in [0.29, 0.717) is 6.54 Å². The van der Waals surface area contributed by atoms with Crippen LogP contribution in [0.4, 0.5) is 0 Å². The van der Waals surface area contributed by atoms with E-state index in [1.807, 2.05) is 0 Å². The average molecular weight is 366 g/mol. The maximum atomic E-state index is 10.1. The van der Waals surface area contributed by atoms with Crippen molar-refractivity contribution in [3.63, 3.8) is 0 Å². The summed E-state index contributed by atoms with van der Waals surface area (Å²) < 4.78 is 0. The summed E-state index contributed by atoms with van der Waals surface area (Å²) in [6, 6.07) is 18.4. The van der Waals surface area contributed by atoms with Crippen molar-refractivity contribution in [1.82, 2.24) is 5.32 Å². The lowest BCUT2D eigenvalue weighted by Crippen LogP contribution is -2.29. The van der Waals surface area contributed by atoms with E-state index in [-0.39, 0.29) is 28.9 Å². The fourth-order valence-corrected chi connectivity index (χ4v) is 4.04. The Bertz CT molecular complexity index is 689. The Hall–Kier alpha value is -1.64. The van der Waals surface area contributed by atoms with Gasteiger partial charge in [-0.15, -0.1) is 0 Å². The topological polar surface area (TPSA) is 32.3 Å². The van der Waals surface area contributed by atoms with Crippen LogP contribution < -0.4 is 5.32 Å². The van der Waals surface area contributed by atoms with Crippen LogP contribution in [0.15, 0.2) is 48.5 Å². The second-order valence-corrected chi connectivity index (χ2v) is 10.1. The average Bonchev–Trinajstić information content (AvgIpc) is 3.00. The van der Waals surface area contributed by atoms with E-state index in [9.17, 15) is 5.11 Å². The molecule has 0 amide bonds. The summed E-state index contributed by atoms with van der Waals surface area (Å²) in [5, 5.41) is 13.6. The van der Waals surface area contributed by atoms with Crippen molar-refractivity contribution in [3.8, 4) is 0 Å². The second-order valence-electron chi connectivity index (χ2n) is 10.1. The van der Waals surface area contributed by atoms with Gasteiger partial charge in [0.25, 0.3) is 0 Å². The molecule has 0 saturated carbocycles. The molecule has 1 aliphatic heterocycles.